The molecule has 0 N–H and O–H groups in total. The number of nitrogens with zero attached hydrogens (tertiary/aromatic N) is 4. The van der Waals surface area contributed by atoms with Crippen molar-refractivity contribution in [2.75, 3.05) is 9.80 Å². The maximum Gasteiger partial charge on any atom is 0.252 e. The molecular weight excluding hydrogens is 1460 g/mol. The quantitative estimate of drug-likeness (QED) is 0.134. The van der Waals surface area contributed by atoms with Crippen LogP contribution in [0.25, 0.3) is 111 Å². The molecule has 0 saturated carbocycles. The lowest BCUT2D eigenvalue weighted by Gasteiger charge is -2.46. The van der Waals surface area contributed by atoms with E-state index in [0.717, 1.165) is 9.13 Å². The predicted octanol–water partition coefficient (Wildman–Crippen LogP) is 30.7. The highest BCUT2D eigenvalue weighted by atomic mass is 15.2. The van der Waals surface area contributed by atoms with Crippen LogP contribution in [0.15, 0.2) is 284 Å². The van der Waals surface area contributed by atoms with Gasteiger partial charge in [0.05, 0.1) is 92.6 Å². The lowest BCUT2D eigenvalue weighted by molar-refractivity contribution is 0.568. The first-order valence-corrected chi connectivity index (χ1v) is 40.9. The van der Waals surface area contributed by atoms with E-state index in [1.807, 2.05) is 0 Å². The van der Waals surface area contributed by atoms with Crippen LogP contribution in [-0.4, -0.2) is 15.8 Å². The van der Waals surface area contributed by atoms with Gasteiger partial charge in [-0.15, -0.1) is 0 Å². The summed E-state index contributed by atoms with van der Waals surface area (Å²) in [6, 6.07) is -19.0. The van der Waals surface area contributed by atoms with Gasteiger partial charge in [0.15, 0.2) is 0 Å². The van der Waals surface area contributed by atoms with Crippen LogP contribution in [0.1, 0.15) is 264 Å². The summed E-state index contributed by atoms with van der Waals surface area (Å²) in [4.78, 5) is 2.71. The third-order valence-corrected chi connectivity index (χ3v) is 22.6. The van der Waals surface area contributed by atoms with Crippen LogP contribution in [-0.2, 0) is 43.3 Å². The monoisotopic (exact) mass is 1620 g/mol. The summed E-state index contributed by atoms with van der Waals surface area (Å²) in [7, 11) is 0. The average Bonchev–Trinajstić information content (AvgIpc) is 0.705. The summed E-state index contributed by atoms with van der Waals surface area (Å²) in [6.45, 7) is 38.6. The highest BCUT2D eigenvalue weighted by Crippen LogP contribution is 2.58. The summed E-state index contributed by atoms with van der Waals surface area (Å²) >= 11 is 0. The van der Waals surface area contributed by atoms with Crippen molar-refractivity contribution in [1.82, 2.24) is 9.13 Å². The summed E-state index contributed by atoms with van der Waals surface area (Å²) < 4.78 is 408. The number of benzene rings is 14. The van der Waals surface area contributed by atoms with Gasteiger partial charge in [-0.1, -0.05) is 372 Å². The van der Waals surface area contributed by atoms with Crippen LogP contribution < -0.4 is 26.2 Å². The molecule has 4 heterocycles. The molecule has 0 saturated heterocycles. The molecule has 0 fully saturated rings. The van der Waals surface area contributed by atoms with E-state index in [9.17, 15) is 52.1 Å². The zero-order valence-electron chi connectivity index (χ0n) is 112. The van der Waals surface area contributed by atoms with Gasteiger partial charge in [-0.25, -0.2) is 0 Å². The Morgan fingerprint density at radius 1 is 0.240 bits per heavy atom. The summed E-state index contributed by atoms with van der Waals surface area (Å²) in [5.74, 6) is 0. The number of hydrogen-bond donors (Lipinski definition) is 0. The number of para-hydroxylation sites is 4. The molecule has 606 valence electrons. The third kappa shape index (κ3) is 14.0. The number of hydrogen-bond acceptors (Lipinski definition) is 2. The molecule has 2 aliphatic heterocycles. The molecule has 0 aliphatic carbocycles. The Balaban J connectivity index is 1.28. The molecule has 0 spiro atoms. The zero-order valence-corrected chi connectivity index (χ0v) is 73.0. The molecule has 5 heteroatoms. The van der Waals surface area contributed by atoms with Gasteiger partial charge in [-0.2, -0.15) is 0 Å². The van der Waals surface area contributed by atoms with Crippen molar-refractivity contribution in [3.8, 4) is 67.0 Å². The standard InChI is InChI=1S/C116H119BN4/c1-109(2,3)77-51-46-73(47-52-77)91-64-82(114(16,17)18)66-93(76-60-80(112(10,11)12)63-81(61-76)113(13,14)15)107(91)120-102-62-75(72-36-26-25-27-37-72)50-58-96(102)117-97-59-56-84(118-98-42-32-28-38-87(98)88-39-29-33-43-99(88)118)69-103(97)121(105-71-85(70-104(120)106(105)117)119-100-44-34-30-40-89(100)90-41-31-35-45-101(90)119)108-92(74-48-53-78(54-49-74)110(4,5)6)65-83(115(19,20)21)67-94(108)86-57-55-79(111(7,8)9)68-95(86)116(22,23)24/h25-71H,1-24H3/i25D,26D,27D,28D,29D,30D,31D,32D,33D,34D,35D,36D,37D,38D,39D,40D,41D,42D,43D,44D,45D,46D,47D,48D,49D,51D,52D,53D,54D,55D,57D,60D,61D,63D,64D,65D,66D,67D,68D. The third-order valence-electron chi connectivity index (χ3n) is 22.6. The second kappa shape index (κ2) is 28.5. The fourth-order valence-electron chi connectivity index (χ4n) is 16.1. The highest BCUT2D eigenvalue weighted by Gasteiger charge is 2.47. The fourth-order valence-corrected chi connectivity index (χ4v) is 16.1. The molecule has 2 aromatic heterocycles. The molecule has 121 heavy (non-hydrogen) atoms. The van der Waals surface area contributed by atoms with E-state index >= 15 is 0 Å². The van der Waals surface area contributed by atoms with Crippen molar-refractivity contribution < 1.29 is 53.5 Å². The maximum absolute atomic E-state index is 11.9. The minimum absolute atomic E-state index is 0.00864. The average molecular weight is 1620 g/mol. The lowest BCUT2D eigenvalue weighted by Crippen LogP contribution is -2.61. The van der Waals surface area contributed by atoms with Gasteiger partial charge in [0.2, 0.25) is 0 Å². The van der Waals surface area contributed by atoms with E-state index in [0.29, 0.717) is 0 Å². The molecule has 2 aliphatic rings. The molecule has 0 amide bonds. The summed E-state index contributed by atoms with van der Waals surface area (Å²) in [5, 5.41) is -1.98. The van der Waals surface area contributed by atoms with Gasteiger partial charge < -0.3 is 18.9 Å². The Labute approximate surface area is 775 Å². The topological polar surface area (TPSA) is 16.3 Å². The van der Waals surface area contributed by atoms with E-state index in [1.165, 1.54) is 58.3 Å². The second-order valence-electron chi connectivity index (χ2n) is 40.0. The first-order valence-electron chi connectivity index (χ1n) is 60.4. The van der Waals surface area contributed by atoms with Gasteiger partial charge >= 0.3 is 0 Å². The van der Waals surface area contributed by atoms with Crippen molar-refractivity contribution >= 4 is 101 Å². The van der Waals surface area contributed by atoms with Crippen LogP contribution in [0.2, 0.25) is 0 Å². The Morgan fingerprint density at radius 3 is 1.01 bits per heavy atom. The molecule has 14 aromatic carbocycles. The van der Waals surface area contributed by atoms with E-state index in [2.05, 4.69) is 0 Å². The number of fused-ring (bicyclic) bond motifs is 10. The van der Waals surface area contributed by atoms with Gasteiger partial charge in [-0.05, 0) is 216 Å². The fraction of sp³-hybridized carbons (Fsp3) is 0.276. The summed E-state index contributed by atoms with van der Waals surface area (Å²) in [5.41, 5.74) is -23.4. The van der Waals surface area contributed by atoms with Crippen molar-refractivity contribution in [1.29, 1.82) is 0 Å². The predicted molar refractivity (Wildman–Crippen MR) is 526 cm³/mol. The van der Waals surface area contributed by atoms with Crippen LogP contribution in [0, 0.1) is 0 Å². The zero-order chi connectivity index (χ0) is 119. The van der Waals surface area contributed by atoms with Crippen LogP contribution in [0.5, 0.6) is 0 Å². The van der Waals surface area contributed by atoms with Crippen molar-refractivity contribution in [3.63, 3.8) is 0 Å². The van der Waals surface area contributed by atoms with Gasteiger partial charge in [0.1, 0.15) is 0 Å². The van der Waals surface area contributed by atoms with E-state index in [-0.39, 0.29) is 95.6 Å². The van der Waals surface area contributed by atoms with Crippen molar-refractivity contribution in [2.45, 2.75) is 209 Å². The maximum atomic E-state index is 11.9. The Morgan fingerprint density at radius 2 is 0.587 bits per heavy atom. The van der Waals surface area contributed by atoms with Crippen LogP contribution in [0.4, 0.5) is 34.1 Å². The Kier molecular flexibility index (Phi) is 11.1. The first kappa shape index (κ1) is 46.9. The molecular formula is C116H119BN4. The molecule has 18 rings (SSSR count). The SMILES string of the molecule is [2H]c1c([2H])c([2H])c(-c2ccc3c(c2)N(c2c(-c4c([2H])c([2H])c(C(C)(C)C)c([2H])c4[2H])c([2H])c(C(C)(C)C)c([2H])c2-c2c([2H])c(C(C)(C)C)c([2H])c(C(C)(C)C)c2[2H])c2cc(-n4c5c([2H])c([2H])c([2H])c([2H])c5c5c([2H])c([2H])c([2H])c([2H])c54)cc4c2B3c2ccc(-n3c5c([2H])c([2H])c([2H])c([2H])c5c5c([2H])c([2H])c([2H])c([2H])c53)cc2N4c2c(-c3c([2H])c([2H])c(C(C)(C)C)c([2H])c3[2H])c([2H])c(C(C)(C)C)c([2H])c2-c2c([2H])c([2H])c(C(C)(C)C)c([2H])c2C(C)(C)C)c([2H])c1[2H]. The Bertz CT molecular complexity index is 9060. The van der Waals surface area contributed by atoms with Crippen molar-refractivity contribution in [2.24, 2.45) is 0 Å². The van der Waals surface area contributed by atoms with Crippen LogP contribution >= 0.6 is 0 Å². The molecule has 0 radical (unpaired) electrons. The van der Waals surface area contributed by atoms with Gasteiger partial charge in [0, 0.05) is 72.2 Å². The highest BCUT2D eigenvalue weighted by molar-refractivity contribution is 7.00. The molecule has 0 bridgehead atoms. The number of anilines is 6. The lowest BCUT2D eigenvalue weighted by atomic mass is 9.33. The van der Waals surface area contributed by atoms with E-state index in [4.69, 9.17) is 1.37 Å². The van der Waals surface area contributed by atoms with Crippen LogP contribution in [0.3, 0.4) is 0 Å². The van der Waals surface area contributed by atoms with Crippen molar-refractivity contribution in [3.05, 3.63) is 329 Å². The number of rotatable bonds is 9. The Hall–Kier alpha value is -11.7. The largest absolute Gasteiger partial charge is 0.310 e. The van der Waals surface area contributed by atoms with E-state index < -0.39 is 396 Å². The smallest absolute Gasteiger partial charge is 0.252 e. The molecule has 0 unspecified atom stereocenters. The van der Waals surface area contributed by atoms with Gasteiger partial charge in [0.25, 0.3) is 6.71 Å². The summed E-state index contributed by atoms with van der Waals surface area (Å²) in [6.07, 6.45) is 0. The molecule has 16 aromatic rings. The van der Waals surface area contributed by atoms with Gasteiger partial charge in [-0.3, -0.25) is 0 Å². The normalized spacial score (nSPS) is 18.1. The molecule has 4 nitrogen and oxygen atoms in total. The van der Waals surface area contributed by atoms with E-state index in [1.54, 1.807) is 166 Å². The number of aromatic nitrogens is 2. The molecule has 0 atom stereocenters. The first-order chi connectivity index (χ1) is 73.4. The second-order valence-corrected chi connectivity index (χ2v) is 40.0. The minimum atomic E-state index is -1.75. The minimum Gasteiger partial charge on any atom is -0.310 e.